The molecule has 2 unspecified atom stereocenters. The Bertz CT molecular complexity index is 886. The van der Waals surface area contributed by atoms with Crippen LogP contribution in [0.3, 0.4) is 0 Å². The van der Waals surface area contributed by atoms with Gasteiger partial charge in [-0.1, -0.05) is 48.5 Å². The molecule has 1 aromatic heterocycles. The van der Waals surface area contributed by atoms with Gasteiger partial charge in [0.2, 0.25) is 5.91 Å². The molecule has 0 fully saturated rings. The number of H-pyrrole nitrogens is 1. The molecule has 0 saturated carbocycles. The number of carbonyl (C=O) groups is 2. The highest BCUT2D eigenvalue weighted by Crippen LogP contribution is 2.20. The second-order valence-corrected chi connectivity index (χ2v) is 6.10. The van der Waals surface area contributed by atoms with Gasteiger partial charge < -0.3 is 15.4 Å². The van der Waals surface area contributed by atoms with Crippen molar-refractivity contribution in [2.75, 3.05) is 0 Å². The highest BCUT2D eigenvalue weighted by molar-refractivity contribution is 5.89. The molecule has 1 heterocycles. The number of amides is 1. The highest BCUT2D eigenvalue weighted by atomic mass is 16.4. The summed E-state index contributed by atoms with van der Waals surface area (Å²) in [4.78, 5) is 27.2. The zero-order valence-corrected chi connectivity index (χ0v) is 13.9. The normalized spacial score (nSPS) is 13.3. The minimum Gasteiger partial charge on any atom is -0.480 e. The van der Waals surface area contributed by atoms with E-state index in [1.807, 2.05) is 54.6 Å². The number of hydrogen-bond acceptors (Lipinski definition) is 2. The van der Waals surface area contributed by atoms with E-state index >= 15 is 0 Å². The highest BCUT2D eigenvalue weighted by Gasteiger charge is 2.24. The Labute approximate surface area is 145 Å². The molecule has 0 saturated heterocycles. The number of carbonyl (C=O) groups excluding carboxylic acids is 1. The predicted molar refractivity (Wildman–Crippen MR) is 96.4 cm³/mol. The van der Waals surface area contributed by atoms with Crippen LogP contribution in [-0.2, 0) is 16.0 Å². The maximum atomic E-state index is 12.5. The molecule has 3 rings (SSSR count). The number of nitrogens with one attached hydrogen (secondary N) is 2. The van der Waals surface area contributed by atoms with E-state index in [0.717, 1.165) is 22.0 Å². The second-order valence-electron chi connectivity index (χ2n) is 6.10. The number of aliphatic carboxylic acids is 1. The molecule has 0 radical (unpaired) electrons. The third-order valence-corrected chi connectivity index (χ3v) is 4.41. The number of carboxylic acids is 1. The van der Waals surface area contributed by atoms with Gasteiger partial charge in [0.1, 0.15) is 6.04 Å². The van der Waals surface area contributed by atoms with Crippen LogP contribution in [-0.4, -0.2) is 28.0 Å². The molecule has 5 nitrogen and oxygen atoms in total. The van der Waals surface area contributed by atoms with Crippen LogP contribution < -0.4 is 5.32 Å². The van der Waals surface area contributed by atoms with Crippen molar-refractivity contribution in [3.63, 3.8) is 0 Å². The molecule has 2 aromatic carbocycles. The van der Waals surface area contributed by atoms with Crippen molar-refractivity contribution in [3.05, 3.63) is 71.9 Å². The largest absolute Gasteiger partial charge is 0.480 e. The van der Waals surface area contributed by atoms with Crippen LogP contribution in [0, 0.1) is 0 Å². The van der Waals surface area contributed by atoms with E-state index in [-0.39, 0.29) is 12.3 Å². The van der Waals surface area contributed by atoms with Crippen LogP contribution in [0.2, 0.25) is 0 Å². The Morgan fingerprint density at radius 1 is 1.08 bits per heavy atom. The van der Waals surface area contributed by atoms with E-state index in [9.17, 15) is 14.7 Å². The molecule has 0 aliphatic rings. The smallest absolute Gasteiger partial charge is 0.326 e. The average Bonchev–Trinajstić information content (AvgIpc) is 3.04. The van der Waals surface area contributed by atoms with Gasteiger partial charge in [-0.3, -0.25) is 4.79 Å². The minimum absolute atomic E-state index is 0.229. The number of rotatable bonds is 6. The molecule has 0 aliphatic heterocycles. The van der Waals surface area contributed by atoms with Crippen LogP contribution in [0.1, 0.15) is 24.0 Å². The van der Waals surface area contributed by atoms with Crippen LogP contribution >= 0.6 is 0 Å². The van der Waals surface area contributed by atoms with Crippen molar-refractivity contribution in [2.45, 2.75) is 25.3 Å². The van der Waals surface area contributed by atoms with Crippen LogP contribution in [0.5, 0.6) is 0 Å². The van der Waals surface area contributed by atoms with Crippen LogP contribution in [0.4, 0.5) is 0 Å². The van der Waals surface area contributed by atoms with Crippen LogP contribution in [0.15, 0.2) is 60.8 Å². The molecule has 2 atom stereocenters. The Morgan fingerprint density at radius 3 is 2.48 bits per heavy atom. The predicted octanol–water partition coefficient (Wildman–Crippen LogP) is 3.08. The van der Waals surface area contributed by atoms with Crippen LogP contribution in [0.25, 0.3) is 10.9 Å². The fraction of sp³-hybridized carbons (Fsp3) is 0.200. The topological polar surface area (TPSA) is 82.2 Å². The number of aromatic nitrogens is 1. The van der Waals surface area contributed by atoms with Gasteiger partial charge >= 0.3 is 5.97 Å². The number of para-hydroxylation sites is 1. The van der Waals surface area contributed by atoms with Crippen molar-refractivity contribution >= 4 is 22.8 Å². The summed E-state index contributed by atoms with van der Waals surface area (Å²) in [5, 5.41) is 13.2. The lowest BCUT2D eigenvalue weighted by molar-refractivity contribution is -0.141. The molecule has 5 heteroatoms. The van der Waals surface area contributed by atoms with Gasteiger partial charge in [-0.05, 0) is 24.1 Å². The van der Waals surface area contributed by atoms with Gasteiger partial charge in [0.15, 0.2) is 0 Å². The maximum Gasteiger partial charge on any atom is 0.326 e. The number of aromatic amines is 1. The van der Waals surface area contributed by atoms with E-state index in [2.05, 4.69) is 10.3 Å². The first-order valence-corrected chi connectivity index (χ1v) is 8.19. The average molecular weight is 336 g/mol. The van der Waals surface area contributed by atoms with Crippen molar-refractivity contribution in [1.82, 2.24) is 10.3 Å². The molecule has 128 valence electrons. The lowest BCUT2D eigenvalue weighted by Crippen LogP contribution is -2.44. The van der Waals surface area contributed by atoms with Crippen molar-refractivity contribution < 1.29 is 14.7 Å². The standard InChI is InChI=1S/C20H20N2O3/c1-13(14-7-3-2-4-8-14)19(23)22-18(20(24)25)11-15-12-21-17-10-6-5-9-16(15)17/h2-10,12-13,18,21H,11H2,1H3,(H,22,23)(H,24,25). The van der Waals surface area contributed by atoms with Gasteiger partial charge in [-0.25, -0.2) is 4.79 Å². The molecule has 0 spiro atoms. The molecule has 3 N–H and O–H groups in total. The summed E-state index contributed by atoms with van der Waals surface area (Å²) in [5.41, 5.74) is 2.68. The summed E-state index contributed by atoms with van der Waals surface area (Å²) >= 11 is 0. The Kier molecular flexibility index (Phi) is 4.84. The van der Waals surface area contributed by atoms with Crippen molar-refractivity contribution in [3.8, 4) is 0 Å². The number of hydrogen-bond donors (Lipinski definition) is 3. The van der Waals surface area contributed by atoms with Gasteiger partial charge in [0.25, 0.3) is 0 Å². The van der Waals surface area contributed by atoms with E-state index in [1.54, 1.807) is 13.1 Å². The molecule has 25 heavy (non-hydrogen) atoms. The van der Waals surface area contributed by atoms with E-state index in [1.165, 1.54) is 0 Å². The first-order chi connectivity index (χ1) is 12.1. The van der Waals surface area contributed by atoms with Crippen molar-refractivity contribution in [1.29, 1.82) is 0 Å². The summed E-state index contributed by atoms with van der Waals surface area (Å²) in [6.45, 7) is 1.77. The second kappa shape index (κ2) is 7.21. The summed E-state index contributed by atoms with van der Waals surface area (Å²) in [5.74, 6) is -1.75. The lowest BCUT2D eigenvalue weighted by Gasteiger charge is -2.18. The molecule has 0 bridgehead atoms. The fourth-order valence-corrected chi connectivity index (χ4v) is 2.91. The monoisotopic (exact) mass is 336 g/mol. The quantitative estimate of drug-likeness (QED) is 0.647. The summed E-state index contributed by atoms with van der Waals surface area (Å²) in [6.07, 6.45) is 2.03. The molecule has 0 aliphatic carbocycles. The van der Waals surface area contributed by atoms with E-state index in [0.29, 0.717) is 0 Å². The number of benzene rings is 2. The fourth-order valence-electron chi connectivity index (χ4n) is 2.91. The number of carboxylic acid groups (broad SMARTS) is 1. The summed E-state index contributed by atoms with van der Waals surface area (Å²) < 4.78 is 0. The Hall–Kier alpha value is -3.08. The Balaban J connectivity index is 1.75. The summed E-state index contributed by atoms with van der Waals surface area (Å²) in [6, 6.07) is 16.0. The van der Waals surface area contributed by atoms with Gasteiger partial charge in [0.05, 0.1) is 5.92 Å². The number of fused-ring (bicyclic) bond motifs is 1. The first-order valence-electron chi connectivity index (χ1n) is 8.19. The molecular formula is C20H20N2O3. The van der Waals surface area contributed by atoms with E-state index < -0.39 is 17.9 Å². The first kappa shape index (κ1) is 16.8. The van der Waals surface area contributed by atoms with Gasteiger partial charge in [-0.2, -0.15) is 0 Å². The zero-order chi connectivity index (χ0) is 17.8. The maximum absolute atomic E-state index is 12.5. The third-order valence-electron chi connectivity index (χ3n) is 4.41. The minimum atomic E-state index is -1.04. The third kappa shape index (κ3) is 3.71. The SMILES string of the molecule is CC(C(=O)NC(Cc1c[nH]c2ccccc12)C(=O)O)c1ccccc1. The molecular weight excluding hydrogens is 316 g/mol. The van der Waals surface area contributed by atoms with Gasteiger partial charge in [-0.15, -0.1) is 0 Å². The van der Waals surface area contributed by atoms with Crippen molar-refractivity contribution in [2.24, 2.45) is 0 Å². The summed E-state index contributed by atoms with van der Waals surface area (Å²) in [7, 11) is 0. The molecule has 3 aromatic rings. The van der Waals surface area contributed by atoms with Gasteiger partial charge in [0, 0.05) is 23.5 Å². The Morgan fingerprint density at radius 2 is 1.76 bits per heavy atom. The van der Waals surface area contributed by atoms with E-state index in [4.69, 9.17) is 0 Å². The molecule has 1 amide bonds. The zero-order valence-electron chi connectivity index (χ0n) is 13.9. The lowest BCUT2D eigenvalue weighted by atomic mass is 9.99.